The number of anilines is 1. The fraction of sp³-hybridized carbons (Fsp3) is 0.400. The van der Waals surface area contributed by atoms with Crippen molar-refractivity contribution in [2.45, 2.75) is 53.5 Å². The summed E-state index contributed by atoms with van der Waals surface area (Å²) in [4.78, 5) is 12.5. The standard InChI is InChI=1S/C20H26N2O/c1-6-17-11-10-16(5)22(12-17)13-19(23)21-20-15(4)8-7-9-18(20)14(2)3/h7-12,14H,6,13H2,1-5H3/p+1. The summed E-state index contributed by atoms with van der Waals surface area (Å²) in [7, 11) is 0. The van der Waals surface area contributed by atoms with E-state index in [2.05, 4.69) is 50.5 Å². The Labute approximate surface area is 139 Å². The molecule has 0 aliphatic carbocycles. The van der Waals surface area contributed by atoms with Gasteiger partial charge in [0.1, 0.15) is 0 Å². The van der Waals surface area contributed by atoms with Crippen LogP contribution in [0.25, 0.3) is 0 Å². The summed E-state index contributed by atoms with van der Waals surface area (Å²) in [5, 5.41) is 3.11. The lowest BCUT2D eigenvalue weighted by atomic mass is 9.98. The van der Waals surface area contributed by atoms with Gasteiger partial charge in [-0.1, -0.05) is 39.0 Å². The number of nitrogens with zero attached hydrogens (tertiary/aromatic N) is 1. The van der Waals surface area contributed by atoms with Crippen LogP contribution in [-0.4, -0.2) is 5.91 Å². The largest absolute Gasteiger partial charge is 0.320 e. The number of amides is 1. The van der Waals surface area contributed by atoms with Gasteiger partial charge in [0.2, 0.25) is 6.54 Å². The third kappa shape index (κ3) is 4.19. The van der Waals surface area contributed by atoms with Gasteiger partial charge in [0.15, 0.2) is 11.9 Å². The predicted octanol–water partition coefficient (Wildman–Crippen LogP) is 3.92. The Balaban J connectivity index is 2.21. The average Bonchev–Trinajstić information content (AvgIpc) is 2.51. The van der Waals surface area contributed by atoms with Crippen LogP contribution in [0.2, 0.25) is 0 Å². The van der Waals surface area contributed by atoms with Crippen LogP contribution in [0.5, 0.6) is 0 Å². The third-order valence-electron chi connectivity index (χ3n) is 4.23. The highest BCUT2D eigenvalue weighted by Gasteiger charge is 2.16. The predicted molar refractivity (Wildman–Crippen MR) is 94.6 cm³/mol. The molecular weight excluding hydrogens is 284 g/mol. The fourth-order valence-corrected chi connectivity index (χ4v) is 2.72. The maximum absolute atomic E-state index is 12.5. The third-order valence-corrected chi connectivity index (χ3v) is 4.23. The second kappa shape index (κ2) is 7.40. The molecule has 0 unspecified atom stereocenters. The maximum Gasteiger partial charge on any atom is 0.290 e. The van der Waals surface area contributed by atoms with Gasteiger partial charge < -0.3 is 5.32 Å². The Hall–Kier alpha value is -2.16. The molecule has 122 valence electrons. The summed E-state index contributed by atoms with van der Waals surface area (Å²) in [5.74, 6) is 0.394. The first-order chi connectivity index (χ1) is 10.9. The SMILES string of the molecule is CCc1ccc(C)[n+](CC(=O)Nc2c(C)cccc2C(C)C)c1. The molecule has 2 rings (SSSR count). The molecule has 0 saturated heterocycles. The molecular formula is C20H27N2O+. The van der Waals surface area contributed by atoms with E-state index < -0.39 is 0 Å². The van der Waals surface area contributed by atoms with Crippen LogP contribution in [0.3, 0.4) is 0 Å². The van der Waals surface area contributed by atoms with Crippen LogP contribution in [0, 0.1) is 13.8 Å². The van der Waals surface area contributed by atoms with E-state index in [1.165, 1.54) is 11.1 Å². The quantitative estimate of drug-likeness (QED) is 0.834. The topological polar surface area (TPSA) is 33.0 Å². The summed E-state index contributed by atoms with van der Waals surface area (Å²) >= 11 is 0. The maximum atomic E-state index is 12.5. The number of para-hydroxylation sites is 1. The van der Waals surface area contributed by atoms with Gasteiger partial charge in [-0.3, -0.25) is 4.79 Å². The van der Waals surface area contributed by atoms with Gasteiger partial charge >= 0.3 is 0 Å². The molecule has 3 nitrogen and oxygen atoms in total. The van der Waals surface area contributed by atoms with E-state index >= 15 is 0 Å². The van der Waals surface area contributed by atoms with Gasteiger partial charge in [-0.15, -0.1) is 0 Å². The number of benzene rings is 1. The van der Waals surface area contributed by atoms with E-state index in [1.807, 2.05) is 30.5 Å². The second-order valence-electron chi connectivity index (χ2n) is 6.40. The molecule has 0 fully saturated rings. The lowest BCUT2D eigenvalue weighted by molar-refractivity contribution is -0.690. The van der Waals surface area contributed by atoms with Crippen LogP contribution in [-0.2, 0) is 17.8 Å². The van der Waals surface area contributed by atoms with E-state index in [0.717, 1.165) is 23.4 Å². The van der Waals surface area contributed by atoms with E-state index in [0.29, 0.717) is 12.5 Å². The van der Waals surface area contributed by atoms with Crippen molar-refractivity contribution in [3.8, 4) is 0 Å². The number of aryl methyl sites for hydroxylation is 3. The number of carbonyl (C=O) groups is 1. The van der Waals surface area contributed by atoms with E-state index in [-0.39, 0.29) is 5.91 Å². The lowest BCUT2D eigenvalue weighted by Gasteiger charge is -2.16. The summed E-state index contributed by atoms with van der Waals surface area (Å²) in [5.41, 5.74) is 5.57. The number of carbonyl (C=O) groups excluding carboxylic acids is 1. The molecule has 0 saturated carbocycles. The van der Waals surface area contributed by atoms with Crippen LogP contribution in [0.15, 0.2) is 36.5 Å². The molecule has 0 atom stereocenters. The summed E-state index contributed by atoms with van der Waals surface area (Å²) < 4.78 is 2.02. The van der Waals surface area contributed by atoms with Crippen molar-refractivity contribution < 1.29 is 9.36 Å². The number of nitrogens with one attached hydrogen (secondary N) is 1. The van der Waals surface area contributed by atoms with Gasteiger partial charge in [0.05, 0.1) is 0 Å². The van der Waals surface area contributed by atoms with E-state index in [1.54, 1.807) is 0 Å². The number of hydrogen-bond acceptors (Lipinski definition) is 1. The highest BCUT2D eigenvalue weighted by Crippen LogP contribution is 2.27. The van der Waals surface area contributed by atoms with E-state index in [9.17, 15) is 4.79 Å². The Morgan fingerprint density at radius 1 is 1.17 bits per heavy atom. The Morgan fingerprint density at radius 3 is 2.57 bits per heavy atom. The normalized spacial score (nSPS) is 10.9. The molecule has 3 heteroatoms. The molecule has 0 radical (unpaired) electrons. The molecule has 0 aliphatic heterocycles. The van der Waals surface area contributed by atoms with Gasteiger partial charge in [-0.2, -0.15) is 4.57 Å². The zero-order valence-corrected chi connectivity index (χ0v) is 14.8. The summed E-state index contributed by atoms with van der Waals surface area (Å²) in [6, 6.07) is 10.4. The molecule has 0 aliphatic rings. The smallest absolute Gasteiger partial charge is 0.290 e. The Kier molecular flexibility index (Phi) is 5.54. The average molecular weight is 311 g/mol. The Morgan fingerprint density at radius 2 is 1.91 bits per heavy atom. The Bertz CT molecular complexity index is 705. The van der Waals surface area contributed by atoms with Crippen LogP contribution >= 0.6 is 0 Å². The molecule has 1 aromatic carbocycles. The van der Waals surface area contributed by atoms with Crippen molar-refractivity contribution in [2.75, 3.05) is 5.32 Å². The first kappa shape index (κ1) is 17.2. The number of pyridine rings is 1. The number of aromatic nitrogens is 1. The van der Waals surface area contributed by atoms with Crippen molar-refractivity contribution in [1.82, 2.24) is 0 Å². The highest BCUT2D eigenvalue weighted by molar-refractivity contribution is 5.91. The lowest BCUT2D eigenvalue weighted by Crippen LogP contribution is -2.43. The minimum absolute atomic E-state index is 0.0163. The van der Waals surface area contributed by atoms with Crippen molar-refractivity contribution in [3.63, 3.8) is 0 Å². The first-order valence-electron chi connectivity index (χ1n) is 8.30. The monoisotopic (exact) mass is 311 g/mol. The van der Waals surface area contributed by atoms with Crippen molar-refractivity contribution in [2.24, 2.45) is 0 Å². The van der Waals surface area contributed by atoms with Crippen LogP contribution in [0.4, 0.5) is 5.69 Å². The molecule has 2 aromatic rings. The molecule has 1 amide bonds. The molecule has 1 aromatic heterocycles. The zero-order valence-electron chi connectivity index (χ0n) is 14.8. The number of hydrogen-bond donors (Lipinski definition) is 1. The highest BCUT2D eigenvalue weighted by atomic mass is 16.1. The summed E-state index contributed by atoms with van der Waals surface area (Å²) in [6.45, 7) is 10.8. The zero-order chi connectivity index (χ0) is 17.0. The molecule has 23 heavy (non-hydrogen) atoms. The molecule has 0 bridgehead atoms. The van der Waals surface area contributed by atoms with Gasteiger partial charge in [-0.25, -0.2) is 0 Å². The van der Waals surface area contributed by atoms with Gasteiger partial charge in [0.25, 0.3) is 5.91 Å². The van der Waals surface area contributed by atoms with Crippen LogP contribution in [0.1, 0.15) is 49.1 Å². The molecule has 0 spiro atoms. The van der Waals surface area contributed by atoms with Crippen LogP contribution < -0.4 is 9.88 Å². The molecule has 1 heterocycles. The van der Waals surface area contributed by atoms with Gasteiger partial charge in [0, 0.05) is 24.2 Å². The van der Waals surface area contributed by atoms with Crippen molar-refractivity contribution in [1.29, 1.82) is 0 Å². The van der Waals surface area contributed by atoms with Crippen molar-refractivity contribution in [3.05, 3.63) is 58.9 Å². The first-order valence-corrected chi connectivity index (χ1v) is 8.30. The fourth-order valence-electron chi connectivity index (χ4n) is 2.72. The minimum atomic E-state index is 0.0163. The minimum Gasteiger partial charge on any atom is -0.320 e. The van der Waals surface area contributed by atoms with E-state index in [4.69, 9.17) is 0 Å². The summed E-state index contributed by atoms with van der Waals surface area (Å²) in [6.07, 6.45) is 3.04. The molecule has 1 N–H and O–H groups in total. The number of rotatable bonds is 5. The van der Waals surface area contributed by atoms with Crippen molar-refractivity contribution >= 4 is 11.6 Å². The van der Waals surface area contributed by atoms with Gasteiger partial charge in [-0.05, 0) is 36.5 Å². The second-order valence-corrected chi connectivity index (χ2v) is 6.40.